The Morgan fingerprint density at radius 3 is 2.47 bits per heavy atom. The molecule has 0 saturated heterocycles. The standard InChI is InChI=1S/C13H27NO3/c1-5-7-9-16-10-8-14(12(3)4)11-13(15)17-6-2/h12H,5-11H2,1-4H3. The maximum Gasteiger partial charge on any atom is 0.320 e. The second kappa shape index (κ2) is 10.5. The first kappa shape index (κ1) is 16.4. The van der Waals surface area contributed by atoms with Crippen LogP contribution in [0.5, 0.6) is 0 Å². The molecule has 102 valence electrons. The Kier molecular flexibility index (Phi) is 10.2. The molecule has 0 bridgehead atoms. The molecule has 0 fully saturated rings. The lowest BCUT2D eigenvalue weighted by Crippen LogP contribution is -2.38. The van der Waals surface area contributed by atoms with Gasteiger partial charge in [-0.15, -0.1) is 0 Å². The molecule has 17 heavy (non-hydrogen) atoms. The van der Waals surface area contributed by atoms with Gasteiger partial charge in [0.1, 0.15) is 0 Å². The predicted octanol–water partition coefficient (Wildman–Crippen LogP) is 2.08. The van der Waals surface area contributed by atoms with E-state index in [0.717, 1.165) is 26.0 Å². The van der Waals surface area contributed by atoms with Crippen LogP contribution in [0.1, 0.15) is 40.5 Å². The average Bonchev–Trinajstić information content (AvgIpc) is 2.27. The minimum atomic E-state index is -0.158. The molecule has 0 aliphatic rings. The van der Waals surface area contributed by atoms with Gasteiger partial charge in [0, 0.05) is 19.2 Å². The molecule has 0 aromatic rings. The van der Waals surface area contributed by atoms with E-state index in [1.165, 1.54) is 0 Å². The molecule has 4 heteroatoms. The fraction of sp³-hybridized carbons (Fsp3) is 0.923. The summed E-state index contributed by atoms with van der Waals surface area (Å²) in [6.45, 7) is 11.2. The highest BCUT2D eigenvalue weighted by Crippen LogP contribution is 1.99. The second-order valence-electron chi connectivity index (χ2n) is 4.34. The summed E-state index contributed by atoms with van der Waals surface area (Å²) in [5, 5.41) is 0. The third kappa shape index (κ3) is 9.12. The number of ether oxygens (including phenoxy) is 2. The third-order valence-electron chi connectivity index (χ3n) is 2.53. The second-order valence-corrected chi connectivity index (χ2v) is 4.34. The van der Waals surface area contributed by atoms with Gasteiger partial charge in [-0.25, -0.2) is 0 Å². The molecule has 0 aliphatic heterocycles. The van der Waals surface area contributed by atoms with Crippen molar-refractivity contribution in [3.63, 3.8) is 0 Å². The van der Waals surface area contributed by atoms with Crippen molar-refractivity contribution in [3.8, 4) is 0 Å². The lowest BCUT2D eigenvalue weighted by molar-refractivity contribution is -0.145. The summed E-state index contributed by atoms with van der Waals surface area (Å²) in [6.07, 6.45) is 2.25. The number of hydrogen-bond donors (Lipinski definition) is 0. The van der Waals surface area contributed by atoms with Crippen LogP contribution in [0.4, 0.5) is 0 Å². The van der Waals surface area contributed by atoms with Crippen molar-refractivity contribution >= 4 is 5.97 Å². The van der Waals surface area contributed by atoms with Crippen LogP contribution in [0.3, 0.4) is 0 Å². The number of hydrogen-bond acceptors (Lipinski definition) is 4. The number of nitrogens with zero attached hydrogens (tertiary/aromatic N) is 1. The molecule has 0 aromatic heterocycles. The van der Waals surface area contributed by atoms with Crippen molar-refractivity contribution in [3.05, 3.63) is 0 Å². The topological polar surface area (TPSA) is 38.8 Å². The van der Waals surface area contributed by atoms with Crippen molar-refractivity contribution in [2.75, 3.05) is 32.9 Å². The molecule has 0 rings (SSSR count). The van der Waals surface area contributed by atoms with E-state index >= 15 is 0 Å². The molecule has 0 amide bonds. The van der Waals surface area contributed by atoms with Gasteiger partial charge in [-0.05, 0) is 27.2 Å². The van der Waals surface area contributed by atoms with Crippen LogP contribution >= 0.6 is 0 Å². The molecule has 0 heterocycles. The summed E-state index contributed by atoms with van der Waals surface area (Å²) in [5.74, 6) is -0.158. The van der Waals surface area contributed by atoms with Crippen LogP contribution in [0.25, 0.3) is 0 Å². The molecule has 0 N–H and O–H groups in total. The van der Waals surface area contributed by atoms with Crippen molar-refractivity contribution in [1.82, 2.24) is 4.90 Å². The molecule has 0 radical (unpaired) electrons. The highest BCUT2D eigenvalue weighted by atomic mass is 16.5. The third-order valence-corrected chi connectivity index (χ3v) is 2.53. The van der Waals surface area contributed by atoms with Crippen LogP contribution in [0, 0.1) is 0 Å². The summed E-state index contributed by atoms with van der Waals surface area (Å²) >= 11 is 0. The van der Waals surface area contributed by atoms with Gasteiger partial charge < -0.3 is 9.47 Å². The minimum Gasteiger partial charge on any atom is -0.465 e. The molecular formula is C13H27NO3. The molecule has 0 atom stereocenters. The van der Waals surface area contributed by atoms with Crippen LogP contribution in [0.2, 0.25) is 0 Å². The molecule has 0 unspecified atom stereocenters. The Morgan fingerprint density at radius 1 is 1.24 bits per heavy atom. The first-order valence-electron chi connectivity index (χ1n) is 6.59. The van der Waals surface area contributed by atoms with E-state index in [4.69, 9.17) is 9.47 Å². The number of esters is 1. The predicted molar refractivity (Wildman–Crippen MR) is 69.1 cm³/mol. The smallest absolute Gasteiger partial charge is 0.320 e. The van der Waals surface area contributed by atoms with Crippen molar-refractivity contribution in [2.24, 2.45) is 0 Å². The van der Waals surface area contributed by atoms with E-state index in [2.05, 4.69) is 25.7 Å². The van der Waals surface area contributed by atoms with Gasteiger partial charge in [-0.1, -0.05) is 13.3 Å². The molecule has 0 aliphatic carbocycles. The monoisotopic (exact) mass is 245 g/mol. The Balaban J connectivity index is 3.78. The summed E-state index contributed by atoms with van der Waals surface area (Å²) in [7, 11) is 0. The van der Waals surface area contributed by atoms with Gasteiger partial charge in [-0.3, -0.25) is 9.69 Å². The summed E-state index contributed by atoms with van der Waals surface area (Å²) in [6, 6.07) is 0.328. The van der Waals surface area contributed by atoms with Crippen LogP contribution < -0.4 is 0 Å². The Hall–Kier alpha value is -0.610. The van der Waals surface area contributed by atoms with Crippen molar-refractivity contribution in [2.45, 2.75) is 46.6 Å². The van der Waals surface area contributed by atoms with E-state index in [0.29, 0.717) is 25.8 Å². The Morgan fingerprint density at radius 2 is 1.94 bits per heavy atom. The summed E-state index contributed by atoms with van der Waals surface area (Å²) in [5.41, 5.74) is 0. The molecule has 0 aromatic carbocycles. The van der Waals surface area contributed by atoms with Gasteiger partial charge >= 0.3 is 5.97 Å². The van der Waals surface area contributed by atoms with E-state index < -0.39 is 0 Å². The average molecular weight is 245 g/mol. The minimum absolute atomic E-state index is 0.158. The van der Waals surface area contributed by atoms with Crippen LogP contribution in [0.15, 0.2) is 0 Å². The maximum atomic E-state index is 11.4. The normalized spacial score (nSPS) is 11.2. The molecule has 4 nitrogen and oxygen atoms in total. The van der Waals surface area contributed by atoms with Gasteiger partial charge in [-0.2, -0.15) is 0 Å². The lowest BCUT2D eigenvalue weighted by Gasteiger charge is -2.25. The van der Waals surface area contributed by atoms with E-state index in [1.54, 1.807) is 0 Å². The number of carbonyl (C=O) groups is 1. The van der Waals surface area contributed by atoms with E-state index in [-0.39, 0.29) is 5.97 Å². The zero-order valence-electron chi connectivity index (χ0n) is 11.7. The van der Waals surface area contributed by atoms with Crippen molar-refractivity contribution < 1.29 is 14.3 Å². The summed E-state index contributed by atoms with van der Waals surface area (Å²) < 4.78 is 10.4. The molecule has 0 spiro atoms. The summed E-state index contributed by atoms with van der Waals surface area (Å²) in [4.78, 5) is 13.5. The fourth-order valence-corrected chi connectivity index (χ4v) is 1.42. The number of carbonyl (C=O) groups excluding carboxylic acids is 1. The van der Waals surface area contributed by atoms with Gasteiger partial charge in [0.2, 0.25) is 0 Å². The van der Waals surface area contributed by atoms with Gasteiger partial charge in [0.25, 0.3) is 0 Å². The highest BCUT2D eigenvalue weighted by molar-refractivity contribution is 5.71. The quantitative estimate of drug-likeness (QED) is 0.436. The fourth-order valence-electron chi connectivity index (χ4n) is 1.42. The van der Waals surface area contributed by atoms with Gasteiger partial charge in [0.15, 0.2) is 0 Å². The van der Waals surface area contributed by atoms with E-state index in [9.17, 15) is 4.79 Å². The SMILES string of the molecule is CCCCOCCN(CC(=O)OCC)C(C)C. The maximum absolute atomic E-state index is 11.4. The van der Waals surface area contributed by atoms with Crippen LogP contribution in [-0.4, -0.2) is 49.8 Å². The zero-order chi connectivity index (χ0) is 13.1. The first-order chi connectivity index (χ1) is 8.11. The van der Waals surface area contributed by atoms with E-state index in [1.807, 2.05) is 6.92 Å². The number of rotatable bonds is 10. The number of unbranched alkanes of at least 4 members (excludes halogenated alkanes) is 1. The first-order valence-corrected chi connectivity index (χ1v) is 6.59. The van der Waals surface area contributed by atoms with Gasteiger partial charge in [0.05, 0.1) is 19.8 Å². The van der Waals surface area contributed by atoms with Crippen molar-refractivity contribution in [1.29, 1.82) is 0 Å². The molecule has 0 saturated carbocycles. The lowest BCUT2D eigenvalue weighted by atomic mass is 10.3. The van der Waals surface area contributed by atoms with Crippen LogP contribution in [-0.2, 0) is 14.3 Å². The zero-order valence-corrected chi connectivity index (χ0v) is 11.7. The Bertz CT molecular complexity index is 195. The Labute approximate surface area is 105 Å². The molecular weight excluding hydrogens is 218 g/mol. The highest BCUT2D eigenvalue weighted by Gasteiger charge is 2.14. The largest absolute Gasteiger partial charge is 0.465 e.